The van der Waals surface area contributed by atoms with Crippen LogP contribution in [0.4, 0.5) is 4.79 Å². The number of likely N-dealkylation sites (tertiary alicyclic amines) is 1. The van der Waals surface area contributed by atoms with Crippen molar-refractivity contribution in [1.29, 1.82) is 0 Å². The predicted octanol–water partition coefficient (Wildman–Crippen LogP) is 2.68. The summed E-state index contributed by atoms with van der Waals surface area (Å²) < 4.78 is 1.78. The number of amides is 2. The van der Waals surface area contributed by atoms with E-state index in [0.29, 0.717) is 6.54 Å². The Hall–Kier alpha value is -2.37. The fraction of sp³-hybridized carbons (Fsp3) is 0.500. The fourth-order valence-electron chi connectivity index (χ4n) is 3.30. The smallest absolute Gasteiger partial charge is 0.317 e. The van der Waals surface area contributed by atoms with E-state index in [9.17, 15) is 4.79 Å². The van der Waals surface area contributed by atoms with Gasteiger partial charge in [-0.1, -0.05) is 12.8 Å². The molecule has 6 heteroatoms. The zero-order valence-corrected chi connectivity index (χ0v) is 14.2. The normalized spacial score (nSPS) is 18.2. The Bertz CT molecular complexity index is 654. The summed E-state index contributed by atoms with van der Waals surface area (Å²) in [6.45, 7) is 1.44. The Morgan fingerprint density at radius 1 is 1.29 bits per heavy atom. The molecule has 0 aromatic carbocycles. The number of aromatic nitrogens is 3. The Balaban J connectivity index is 1.61. The van der Waals surface area contributed by atoms with Crippen molar-refractivity contribution in [2.75, 3.05) is 13.1 Å². The number of hydrogen-bond acceptors (Lipinski definition) is 3. The van der Waals surface area contributed by atoms with Crippen LogP contribution in [0.25, 0.3) is 0 Å². The lowest BCUT2D eigenvalue weighted by atomic mass is 10.0. The van der Waals surface area contributed by atoms with Gasteiger partial charge in [0.25, 0.3) is 0 Å². The minimum atomic E-state index is 0.0302. The van der Waals surface area contributed by atoms with Gasteiger partial charge in [0, 0.05) is 38.7 Å². The standard InChI is InChI=1S/C18H25N5O/c1-22-14-15(13-21-22)6-11-20-18(24)23-12-4-2-3-5-17(23)16-7-9-19-10-8-16/h7-10,13-14,17H,2-6,11-12H2,1H3,(H,20,24)/t17-/m1/s1. The second kappa shape index (κ2) is 7.95. The Kier molecular flexibility index (Phi) is 5.46. The molecule has 3 rings (SSSR count). The van der Waals surface area contributed by atoms with Crippen LogP contribution < -0.4 is 5.32 Å². The van der Waals surface area contributed by atoms with Crippen molar-refractivity contribution in [1.82, 2.24) is 25.0 Å². The van der Waals surface area contributed by atoms with Crippen molar-refractivity contribution < 1.29 is 4.79 Å². The number of carbonyl (C=O) groups excluding carboxylic acids is 1. The maximum Gasteiger partial charge on any atom is 0.317 e. The lowest BCUT2D eigenvalue weighted by molar-refractivity contribution is 0.176. The molecule has 0 radical (unpaired) electrons. The van der Waals surface area contributed by atoms with E-state index in [1.807, 2.05) is 36.5 Å². The number of urea groups is 1. The van der Waals surface area contributed by atoms with Gasteiger partial charge in [-0.25, -0.2) is 4.79 Å². The molecule has 0 saturated carbocycles. The highest BCUT2D eigenvalue weighted by molar-refractivity contribution is 5.74. The number of pyridine rings is 1. The molecule has 6 nitrogen and oxygen atoms in total. The average Bonchev–Trinajstić information content (AvgIpc) is 2.86. The third-order valence-electron chi connectivity index (χ3n) is 4.55. The van der Waals surface area contributed by atoms with Crippen LogP contribution in [0.3, 0.4) is 0 Å². The highest BCUT2D eigenvalue weighted by Gasteiger charge is 2.26. The van der Waals surface area contributed by atoms with Gasteiger partial charge in [-0.05, 0) is 42.5 Å². The van der Waals surface area contributed by atoms with Crippen molar-refractivity contribution in [2.24, 2.45) is 7.05 Å². The molecule has 2 amide bonds. The van der Waals surface area contributed by atoms with E-state index in [1.54, 1.807) is 17.1 Å². The number of hydrogen-bond donors (Lipinski definition) is 1. The maximum absolute atomic E-state index is 12.7. The van der Waals surface area contributed by atoms with E-state index in [4.69, 9.17) is 0 Å². The number of carbonyl (C=O) groups is 1. The second-order valence-corrected chi connectivity index (χ2v) is 6.34. The fourth-order valence-corrected chi connectivity index (χ4v) is 3.30. The van der Waals surface area contributed by atoms with Gasteiger partial charge in [0.15, 0.2) is 0 Å². The van der Waals surface area contributed by atoms with Crippen LogP contribution in [0, 0.1) is 0 Å². The van der Waals surface area contributed by atoms with Crippen LogP contribution in [-0.4, -0.2) is 38.8 Å². The monoisotopic (exact) mass is 327 g/mol. The van der Waals surface area contributed by atoms with Gasteiger partial charge in [-0.2, -0.15) is 5.10 Å². The van der Waals surface area contributed by atoms with Crippen molar-refractivity contribution in [3.63, 3.8) is 0 Å². The molecule has 3 heterocycles. The molecular weight excluding hydrogens is 302 g/mol. The molecule has 24 heavy (non-hydrogen) atoms. The summed E-state index contributed by atoms with van der Waals surface area (Å²) in [5.74, 6) is 0. The van der Waals surface area contributed by atoms with Gasteiger partial charge in [0.1, 0.15) is 0 Å². The van der Waals surface area contributed by atoms with Crippen molar-refractivity contribution in [3.8, 4) is 0 Å². The van der Waals surface area contributed by atoms with Gasteiger partial charge >= 0.3 is 6.03 Å². The zero-order valence-electron chi connectivity index (χ0n) is 14.2. The topological polar surface area (TPSA) is 63.1 Å². The van der Waals surface area contributed by atoms with E-state index in [1.165, 1.54) is 12.0 Å². The van der Waals surface area contributed by atoms with E-state index < -0.39 is 0 Å². The minimum Gasteiger partial charge on any atom is -0.338 e. The van der Waals surface area contributed by atoms with Crippen molar-refractivity contribution in [3.05, 3.63) is 48.0 Å². The van der Waals surface area contributed by atoms with Gasteiger partial charge in [0.05, 0.1) is 12.2 Å². The highest BCUT2D eigenvalue weighted by atomic mass is 16.2. The van der Waals surface area contributed by atoms with Crippen LogP contribution >= 0.6 is 0 Å². The minimum absolute atomic E-state index is 0.0302. The van der Waals surface area contributed by atoms with Crippen LogP contribution in [-0.2, 0) is 13.5 Å². The summed E-state index contributed by atoms with van der Waals surface area (Å²) >= 11 is 0. The Morgan fingerprint density at radius 2 is 2.12 bits per heavy atom. The van der Waals surface area contributed by atoms with Crippen LogP contribution in [0.15, 0.2) is 36.9 Å². The van der Waals surface area contributed by atoms with Gasteiger partial charge in [0.2, 0.25) is 0 Å². The SMILES string of the molecule is Cn1cc(CCNC(=O)N2CCCCC[C@@H]2c2ccncc2)cn1. The Morgan fingerprint density at radius 3 is 2.88 bits per heavy atom. The quantitative estimate of drug-likeness (QED) is 0.939. The average molecular weight is 327 g/mol. The first kappa shape index (κ1) is 16.5. The summed E-state index contributed by atoms with van der Waals surface area (Å²) in [5, 5.41) is 7.23. The molecule has 0 unspecified atom stereocenters. The number of nitrogens with zero attached hydrogens (tertiary/aromatic N) is 4. The number of nitrogens with one attached hydrogen (secondary N) is 1. The van der Waals surface area contributed by atoms with Gasteiger partial charge in [-0.3, -0.25) is 9.67 Å². The highest BCUT2D eigenvalue weighted by Crippen LogP contribution is 2.29. The molecule has 1 fully saturated rings. The molecular formula is C18H25N5O. The third kappa shape index (κ3) is 4.13. The van der Waals surface area contributed by atoms with Crippen LogP contribution in [0.5, 0.6) is 0 Å². The first-order valence-electron chi connectivity index (χ1n) is 8.66. The summed E-state index contributed by atoms with van der Waals surface area (Å²) in [4.78, 5) is 18.8. The van der Waals surface area contributed by atoms with Crippen LogP contribution in [0.2, 0.25) is 0 Å². The second-order valence-electron chi connectivity index (χ2n) is 6.34. The molecule has 2 aromatic rings. The molecule has 0 aliphatic carbocycles. The zero-order chi connectivity index (χ0) is 16.8. The van der Waals surface area contributed by atoms with E-state index >= 15 is 0 Å². The molecule has 0 bridgehead atoms. The molecule has 1 atom stereocenters. The lowest BCUT2D eigenvalue weighted by Gasteiger charge is -2.30. The van der Waals surface area contributed by atoms with Gasteiger partial charge < -0.3 is 10.2 Å². The summed E-state index contributed by atoms with van der Waals surface area (Å²) in [6, 6.07) is 4.22. The lowest BCUT2D eigenvalue weighted by Crippen LogP contribution is -2.42. The molecule has 1 saturated heterocycles. The number of aryl methyl sites for hydroxylation is 1. The largest absolute Gasteiger partial charge is 0.338 e. The maximum atomic E-state index is 12.7. The number of rotatable bonds is 4. The van der Waals surface area contributed by atoms with Crippen molar-refractivity contribution >= 4 is 6.03 Å². The first-order valence-corrected chi connectivity index (χ1v) is 8.66. The van der Waals surface area contributed by atoms with Gasteiger partial charge in [-0.15, -0.1) is 0 Å². The summed E-state index contributed by atoms with van der Waals surface area (Å²) in [6.07, 6.45) is 12.7. The molecule has 128 valence electrons. The first-order chi connectivity index (χ1) is 11.7. The molecule has 1 N–H and O–H groups in total. The Labute approximate surface area is 142 Å². The molecule has 2 aromatic heterocycles. The summed E-state index contributed by atoms with van der Waals surface area (Å²) in [7, 11) is 1.90. The van der Waals surface area contributed by atoms with Crippen molar-refractivity contribution in [2.45, 2.75) is 38.1 Å². The molecule has 1 aliphatic rings. The molecule has 0 spiro atoms. The van der Waals surface area contributed by atoms with Crippen LogP contribution in [0.1, 0.15) is 42.9 Å². The van der Waals surface area contributed by atoms with E-state index in [-0.39, 0.29) is 12.1 Å². The third-order valence-corrected chi connectivity index (χ3v) is 4.55. The molecule has 1 aliphatic heterocycles. The van der Waals surface area contributed by atoms with E-state index in [0.717, 1.165) is 37.8 Å². The summed E-state index contributed by atoms with van der Waals surface area (Å²) in [5.41, 5.74) is 2.31. The van der Waals surface area contributed by atoms with E-state index in [2.05, 4.69) is 15.4 Å². The predicted molar refractivity (Wildman–Crippen MR) is 92.5 cm³/mol.